The van der Waals surface area contributed by atoms with Crippen LogP contribution < -0.4 is 20.4 Å². The number of ether oxygens (including phenoxy) is 1. The van der Waals surface area contributed by atoms with Crippen LogP contribution in [0, 0.1) is 5.82 Å². The zero-order valence-electron chi connectivity index (χ0n) is 17.2. The molecule has 31 heavy (non-hydrogen) atoms. The Balaban J connectivity index is 0.000000217. The van der Waals surface area contributed by atoms with Crippen LogP contribution in [0.4, 0.5) is 10.1 Å². The Morgan fingerprint density at radius 1 is 0.968 bits per heavy atom. The highest BCUT2D eigenvalue weighted by Gasteiger charge is 2.27. The van der Waals surface area contributed by atoms with Gasteiger partial charge in [-0.25, -0.2) is 4.39 Å². The highest BCUT2D eigenvalue weighted by Crippen LogP contribution is 2.37. The van der Waals surface area contributed by atoms with Crippen LogP contribution in [0.3, 0.4) is 0 Å². The zero-order valence-corrected chi connectivity index (χ0v) is 17.2. The molecule has 5 rings (SSSR count). The first-order chi connectivity index (χ1) is 15.1. The van der Waals surface area contributed by atoms with E-state index >= 15 is 0 Å². The Kier molecular flexibility index (Phi) is 6.87. The molecule has 3 N–H and O–H groups in total. The van der Waals surface area contributed by atoms with Crippen LogP contribution in [0.25, 0.3) is 11.1 Å². The number of benzene rings is 3. The van der Waals surface area contributed by atoms with E-state index in [0.717, 1.165) is 55.2 Å². The molecule has 3 aromatic carbocycles. The second kappa shape index (κ2) is 9.96. The maximum Gasteiger partial charge on any atom is 0.488 e. The molecule has 3 aromatic rings. The van der Waals surface area contributed by atoms with Crippen molar-refractivity contribution in [2.75, 3.05) is 31.1 Å². The average molecular weight is 420 g/mol. The maximum atomic E-state index is 13.1. The fourth-order valence-electron chi connectivity index (χ4n) is 3.95. The SMILES string of the molecule is Fc1ccc(-c2ccc3c(c2)N2CCNC[C@@H]2CCO3)cc1.OB(O)c1ccccc1. The summed E-state index contributed by atoms with van der Waals surface area (Å²) in [4.78, 5) is 2.45. The van der Waals surface area contributed by atoms with Crippen LogP contribution in [0.1, 0.15) is 6.42 Å². The Morgan fingerprint density at radius 3 is 2.42 bits per heavy atom. The zero-order chi connectivity index (χ0) is 21.6. The molecule has 5 nitrogen and oxygen atoms in total. The molecule has 0 radical (unpaired) electrons. The van der Waals surface area contributed by atoms with Crippen molar-refractivity contribution in [2.45, 2.75) is 12.5 Å². The molecule has 0 aromatic heterocycles. The van der Waals surface area contributed by atoms with Gasteiger partial charge in [0, 0.05) is 32.1 Å². The van der Waals surface area contributed by atoms with E-state index in [4.69, 9.17) is 14.8 Å². The van der Waals surface area contributed by atoms with Gasteiger partial charge in [0.15, 0.2) is 0 Å². The standard InChI is InChI=1S/C18H19FN2O.C6H7BO2/c19-15-4-1-13(2-5-15)14-3-6-18-17(11-14)21-9-8-20-12-16(21)7-10-22-18;8-7(9)6-4-2-1-3-5-6/h1-6,11,16,20H,7-10,12H2;1-5,8-9H/t16-;/m0./s1. The Labute approximate surface area is 182 Å². The van der Waals surface area contributed by atoms with Crippen molar-refractivity contribution in [3.8, 4) is 16.9 Å². The quantitative estimate of drug-likeness (QED) is 0.556. The van der Waals surface area contributed by atoms with Gasteiger partial charge in [0.1, 0.15) is 11.6 Å². The van der Waals surface area contributed by atoms with E-state index in [-0.39, 0.29) is 5.82 Å². The molecule has 0 bridgehead atoms. The lowest BCUT2D eigenvalue weighted by Crippen LogP contribution is -2.51. The summed E-state index contributed by atoms with van der Waals surface area (Å²) < 4.78 is 19.0. The third-order valence-electron chi connectivity index (χ3n) is 5.60. The van der Waals surface area contributed by atoms with E-state index in [1.165, 1.54) is 12.1 Å². The lowest BCUT2D eigenvalue weighted by Gasteiger charge is -2.36. The van der Waals surface area contributed by atoms with E-state index in [2.05, 4.69) is 22.3 Å². The minimum absolute atomic E-state index is 0.205. The number of hydrogen-bond donors (Lipinski definition) is 3. The predicted octanol–water partition coefficient (Wildman–Crippen LogP) is 2.42. The molecule has 0 aliphatic carbocycles. The summed E-state index contributed by atoms with van der Waals surface area (Å²) in [5.41, 5.74) is 3.81. The summed E-state index contributed by atoms with van der Waals surface area (Å²) in [7, 11) is -1.34. The van der Waals surface area contributed by atoms with Gasteiger partial charge in [0.05, 0.1) is 12.3 Å². The predicted molar refractivity (Wildman–Crippen MR) is 122 cm³/mol. The van der Waals surface area contributed by atoms with E-state index in [0.29, 0.717) is 11.5 Å². The van der Waals surface area contributed by atoms with Crippen molar-refractivity contribution in [3.05, 3.63) is 78.6 Å². The lowest BCUT2D eigenvalue weighted by molar-refractivity contribution is 0.304. The summed E-state index contributed by atoms with van der Waals surface area (Å²) in [6.45, 7) is 3.75. The summed E-state index contributed by atoms with van der Waals surface area (Å²) in [6, 6.07) is 22.1. The topological polar surface area (TPSA) is 65.0 Å². The number of hydrogen-bond acceptors (Lipinski definition) is 5. The van der Waals surface area contributed by atoms with Gasteiger partial charge in [-0.3, -0.25) is 0 Å². The molecular weight excluding hydrogens is 394 g/mol. The largest absolute Gasteiger partial charge is 0.491 e. The molecule has 2 aliphatic rings. The van der Waals surface area contributed by atoms with Gasteiger partial charge >= 0.3 is 7.12 Å². The summed E-state index contributed by atoms with van der Waals surface area (Å²) in [6.07, 6.45) is 1.04. The highest BCUT2D eigenvalue weighted by molar-refractivity contribution is 6.58. The summed E-state index contributed by atoms with van der Waals surface area (Å²) in [5.74, 6) is 0.749. The molecule has 1 atom stereocenters. The van der Waals surface area contributed by atoms with Gasteiger partial charge in [-0.2, -0.15) is 0 Å². The van der Waals surface area contributed by atoms with Gasteiger partial charge in [-0.1, -0.05) is 48.5 Å². The van der Waals surface area contributed by atoms with Gasteiger partial charge in [-0.15, -0.1) is 0 Å². The Hall–Kier alpha value is -2.87. The molecular formula is C24H26BFN2O3. The van der Waals surface area contributed by atoms with Crippen molar-refractivity contribution in [2.24, 2.45) is 0 Å². The Morgan fingerprint density at radius 2 is 1.71 bits per heavy atom. The number of halogens is 1. The molecule has 0 spiro atoms. The van der Waals surface area contributed by atoms with Crippen LogP contribution in [0.5, 0.6) is 5.75 Å². The van der Waals surface area contributed by atoms with Gasteiger partial charge < -0.3 is 25.0 Å². The first-order valence-corrected chi connectivity index (χ1v) is 10.5. The lowest BCUT2D eigenvalue weighted by atomic mass is 9.81. The monoisotopic (exact) mass is 420 g/mol. The molecule has 2 aliphatic heterocycles. The van der Waals surface area contributed by atoms with Crippen LogP contribution >= 0.6 is 0 Å². The first kappa shape index (κ1) is 21.4. The molecule has 7 heteroatoms. The number of fused-ring (bicyclic) bond motifs is 3. The van der Waals surface area contributed by atoms with E-state index < -0.39 is 7.12 Å². The van der Waals surface area contributed by atoms with Crippen molar-refractivity contribution >= 4 is 18.3 Å². The highest BCUT2D eigenvalue weighted by atomic mass is 19.1. The summed E-state index contributed by atoms with van der Waals surface area (Å²) in [5, 5.41) is 20.6. The first-order valence-electron chi connectivity index (χ1n) is 10.5. The van der Waals surface area contributed by atoms with Gasteiger partial charge in [0.25, 0.3) is 0 Å². The molecule has 2 heterocycles. The molecule has 160 valence electrons. The average Bonchev–Trinajstić information content (AvgIpc) is 2.99. The van der Waals surface area contributed by atoms with E-state index in [1.54, 1.807) is 24.3 Å². The minimum Gasteiger partial charge on any atom is -0.491 e. The molecule has 0 amide bonds. The van der Waals surface area contributed by atoms with Crippen molar-refractivity contribution in [1.29, 1.82) is 0 Å². The second-order valence-electron chi connectivity index (χ2n) is 7.66. The second-order valence-corrected chi connectivity index (χ2v) is 7.66. The fraction of sp³-hybridized carbons (Fsp3) is 0.250. The fourth-order valence-corrected chi connectivity index (χ4v) is 3.95. The molecule has 1 saturated heterocycles. The number of anilines is 1. The minimum atomic E-state index is -1.34. The van der Waals surface area contributed by atoms with Crippen molar-refractivity contribution in [3.63, 3.8) is 0 Å². The third kappa shape index (κ3) is 5.25. The smallest absolute Gasteiger partial charge is 0.488 e. The van der Waals surface area contributed by atoms with E-state index in [1.807, 2.05) is 24.3 Å². The van der Waals surface area contributed by atoms with E-state index in [9.17, 15) is 4.39 Å². The number of nitrogens with one attached hydrogen (secondary N) is 1. The normalized spacial score (nSPS) is 17.3. The number of piperazine rings is 1. The molecule has 0 saturated carbocycles. The van der Waals surface area contributed by atoms with Gasteiger partial charge in [-0.05, 0) is 40.9 Å². The number of nitrogens with zero attached hydrogens (tertiary/aromatic N) is 1. The summed E-state index contributed by atoms with van der Waals surface area (Å²) >= 11 is 0. The Bertz CT molecular complexity index is 986. The van der Waals surface area contributed by atoms with Crippen LogP contribution in [0.15, 0.2) is 72.8 Å². The molecule has 0 unspecified atom stereocenters. The van der Waals surface area contributed by atoms with Crippen molar-refractivity contribution < 1.29 is 19.2 Å². The van der Waals surface area contributed by atoms with Crippen LogP contribution in [-0.4, -0.2) is 49.4 Å². The van der Waals surface area contributed by atoms with Crippen LogP contribution in [0.2, 0.25) is 0 Å². The number of rotatable bonds is 2. The van der Waals surface area contributed by atoms with Crippen LogP contribution in [-0.2, 0) is 0 Å². The van der Waals surface area contributed by atoms with Gasteiger partial charge in [0.2, 0.25) is 0 Å². The molecule has 1 fully saturated rings. The third-order valence-corrected chi connectivity index (χ3v) is 5.60. The van der Waals surface area contributed by atoms with Crippen molar-refractivity contribution in [1.82, 2.24) is 5.32 Å². The maximum absolute atomic E-state index is 13.1.